The molecule has 68 valence electrons. The van der Waals surface area contributed by atoms with Gasteiger partial charge in [0.25, 0.3) is 0 Å². The third kappa shape index (κ3) is 3.24. The Hall–Kier alpha value is -0.0400. The lowest BCUT2D eigenvalue weighted by Crippen LogP contribution is -2.24. The van der Waals surface area contributed by atoms with Gasteiger partial charge in [-0.05, 0) is 18.3 Å². The summed E-state index contributed by atoms with van der Waals surface area (Å²) in [5.74, 6) is 1.47. The van der Waals surface area contributed by atoms with Crippen molar-refractivity contribution in [1.82, 2.24) is 0 Å². The van der Waals surface area contributed by atoms with Gasteiger partial charge in [-0.25, -0.2) is 0 Å². The molecule has 0 saturated carbocycles. The lowest BCUT2D eigenvalue weighted by Gasteiger charge is -2.26. The first-order valence-corrected chi connectivity index (χ1v) is 4.70. The highest BCUT2D eigenvalue weighted by Crippen LogP contribution is 2.21. The van der Waals surface area contributed by atoms with Gasteiger partial charge in [0.1, 0.15) is 0 Å². The van der Waals surface area contributed by atoms with E-state index in [9.17, 15) is 0 Å². The van der Waals surface area contributed by atoms with E-state index in [2.05, 4.69) is 27.7 Å². The minimum atomic E-state index is 0.449. The maximum atomic E-state index is 5.38. The summed E-state index contributed by atoms with van der Waals surface area (Å²) in [5.41, 5.74) is 0. The van der Waals surface area contributed by atoms with Crippen LogP contribution in [0.25, 0.3) is 0 Å². The molecule has 0 spiro atoms. The fraction of sp³-hybridized carbons (Fsp3) is 1.00. The Morgan fingerprint density at radius 2 is 1.64 bits per heavy atom. The minimum Gasteiger partial charge on any atom is -0.381 e. The molecule has 0 aliphatic rings. The van der Waals surface area contributed by atoms with Crippen molar-refractivity contribution in [3.8, 4) is 0 Å². The molecule has 0 amide bonds. The molecule has 3 atom stereocenters. The first kappa shape index (κ1) is 11.0. The Balaban J connectivity index is 3.86. The van der Waals surface area contributed by atoms with Gasteiger partial charge in [0.2, 0.25) is 0 Å². The van der Waals surface area contributed by atoms with E-state index < -0.39 is 0 Å². The van der Waals surface area contributed by atoms with Crippen LogP contribution in [0.4, 0.5) is 0 Å². The highest BCUT2D eigenvalue weighted by Gasteiger charge is 2.19. The summed E-state index contributed by atoms with van der Waals surface area (Å²) < 4.78 is 5.38. The molecule has 0 aromatic carbocycles. The van der Waals surface area contributed by atoms with Crippen LogP contribution in [-0.2, 0) is 4.74 Å². The zero-order valence-corrected chi connectivity index (χ0v) is 8.55. The molecule has 0 aromatic heterocycles. The highest BCUT2D eigenvalue weighted by atomic mass is 16.5. The quantitative estimate of drug-likeness (QED) is 0.597. The van der Waals surface area contributed by atoms with E-state index >= 15 is 0 Å². The van der Waals surface area contributed by atoms with E-state index in [0.29, 0.717) is 12.0 Å². The molecule has 0 N–H and O–H groups in total. The average molecular weight is 158 g/mol. The van der Waals surface area contributed by atoms with Gasteiger partial charge in [0.05, 0.1) is 6.10 Å². The van der Waals surface area contributed by atoms with Crippen LogP contribution < -0.4 is 0 Å². The van der Waals surface area contributed by atoms with E-state index in [-0.39, 0.29) is 0 Å². The molecule has 0 saturated heterocycles. The van der Waals surface area contributed by atoms with Gasteiger partial charge in [-0.1, -0.05) is 34.1 Å². The van der Waals surface area contributed by atoms with Crippen LogP contribution >= 0.6 is 0 Å². The SMILES string of the molecule is CCC(C)C(C)C(CC)OC. The summed E-state index contributed by atoms with van der Waals surface area (Å²) in [7, 11) is 1.81. The van der Waals surface area contributed by atoms with Crippen LogP contribution in [0.2, 0.25) is 0 Å². The molecule has 3 unspecified atom stereocenters. The van der Waals surface area contributed by atoms with Crippen molar-refractivity contribution in [1.29, 1.82) is 0 Å². The lowest BCUT2D eigenvalue weighted by molar-refractivity contribution is 0.0345. The van der Waals surface area contributed by atoms with Crippen LogP contribution in [-0.4, -0.2) is 13.2 Å². The number of rotatable bonds is 5. The Bertz CT molecular complexity index is 86.9. The molecule has 11 heavy (non-hydrogen) atoms. The predicted octanol–water partition coefficient (Wildman–Crippen LogP) is 3.09. The first-order chi connectivity index (χ1) is 5.17. The number of ether oxygens (including phenoxy) is 1. The monoisotopic (exact) mass is 158 g/mol. The Morgan fingerprint density at radius 3 is 1.91 bits per heavy atom. The summed E-state index contributed by atoms with van der Waals surface area (Å²) in [5, 5.41) is 0. The molecule has 1 nitrogen and oxygen atoms in total. The standard InChI is InChI=1S/C10H22O/c1-6-8(3)9(4)10(7-2)11-5/h8-10H,6-7H2,1-5H3. The van der Waals surface area contributed by atoms with Crippen molar-refractivity contribution in [3.63, 3.8) is 0 Å². The summed E-state index contributed by atoms with van der Waals surface area (Å²) in [6, 6.07) is 0. The number of hydrogen-bond acceptors (Lipinski definition) is 1. The molecule has 0 aliphatic heterocycles. The maximum absolute atomic E-state index is 5.38. The van der Waals surface area contributed by atoms with E-state index in [4.69, 9.17) is 4.74 Å². The molecular weight excluding hydrogens is 136 g/mol. The summed E-state index contributed by atoms with van der Waals surface area (Å²) in [6.07, 6.45) is 2.83. The average Bonchev–Trinajstić information content (AvgIpc) is 2.05. The second-order valence-electron chi connectivity index (χ2n) is 3.43. The molecule has 0 aromatic rings. The van der Waals surface area contributed by atoms with E-state index in [1.165, 1.54) is 6.42 Å². The van der Waals surface area contributed by atoms with Crippen molar-refractivity contribution < 1.29 is 4.74 Å². The zero-order valence-electron chi connectivity index (χ0n) is 8.55. The summed E-state index contributed by atoms with van der Waals surface area (Å²) in [4.78, 5) is 0. The van der Waals surface area contributed by atoms with Crippen LogP contribution in [0.1, 0.15) is 40.5 Å². The third-order valence-electron chi connectivity index (χ3n) is 2.83. The lowest BCUT2D eigenvalue weighted by atomic mass is 9.88. The van der Waals surface area contributed by atoms with Crippen LogP contribution in [0.3, 0.4) is 0 Å². The van der Waals surface area contributed by atoms with Gasteiger partial charge >= 0.3 is 0 Å². The van der Waals surface area contributed by atoms with Gasteiger partial charge in [0, 0.05) is 7.11 Å². The van der Waals surface area contributed by atoms with Crippen molar-refractivity contribution in [2.45, 2.75) is 46.6 Å². The topological polar surface area (TPSA) is 9.23 Å². The van der Waals surface area contributed by atoms with E-state index in [0.717, 1.165) is 12.3 Å². The minimum absolute atomic E-state index is 0.449. The highest BCUT2D eigenvalue weighted by molar-refractivity contribution is 4.69. The Morgan fingerprint density at radius 1 is 1.09 bits per heavy atom. The van der Waals surface area contributed by atoms with Crippen molar-refractivity contribution in [2.75, 3.05) is 7.11 Å². The van der Waals surface area contributed by atoms with Gasteiger partial charge in [0.15, 0.2) is 0 Å². The van der Waals surface area contributed by atoms with Gasteiger partial charge < -0.3 is 4.74 Å². The van der Waals surface area contributed by atoms with E-state index in [1.54, 1.807) is 0 Å². The van der Waals surface area contributed by atoms with E-state index in [1.807, 2.05) is 7.11 Å². The number of hydrogen-bond donors (Lipinski definition) is 0. The smallest absolute Gasteiger partial charge is 0.0596 e. The largest absolute Gasteiger partial charge is 0.381 e. The molecule has 1 heteroatoms. The summed E-state index contributed by atoms with van der Waals surface area (Å²) >= 11 is 0. The van der Waals surface area contributed by atoms with Crippen molar-refractivity contribution in [3.05, 3.63) is 0 Å². The molecule has 0 heterocycles. The van der Waals surface area contributed by atoms with Gasteiger partial charge in [-0.2, -0.15) is 0 Å². The summed E-state index contributed by atoms with van der Waals surface area (Å²) in [6.45, 7) is 9.01. The van der Waals surface area contributed by atoms with Crippen LogP contribution in [0.15, 0.2) is 0 Å². The van der Waals surface area contributed by atoms with Gasteiger partial charge in [-0.3, -0.25) is 0 Å². The van der Waals surface area contributed by atoms with Crippen molar-refractivity contribution >= 4 is 0 Å². The Labute approximate surface area is 71.1 Å². The molecule has 0 fully saturated rings. The normalized spacial score (nSPS) is 19.4. The molecule has 0 radical (unpaired) electrons. The fourth-order valence-corrected chi connectivity index (χ4v) is 1.49. The fourth-order valence-electron chi connectivity index (χ4n) is 1.49. The second-order valence-corrected chi connectivity index (χ2v) is 3.43. The number of methoxy groups -OCH3 is 1. The van der Waals surface area contributed by atoms with Crippen LogP contribution in [0, 0.1) is 11.8 Å². The molecule has 0 aliphatic carbocycles. The maximum Gasteiger partial charge on any atom is 0.0596 e. The molecule has 0 rings (SSSR count). The van der Waals surface area contributed by atoms with Crippen LogP contribution in [0.5, 0.6) is 0 Å². The van der Waals surface area contributed by atoms with Gasteiger partial charge in [-0.15, -0.1) is 0 Å². The predicted molar refractivity (Wildman–Crippen MR) is 49.7 cm³/mol. The zero-order chi connectivity index (χ0) is 8.85. The first-order valence-electron chi connectivity index (χ1n) is 4.70. The van der Waals surface area contributed by atoms with Crippen molar-refractivity contribution in [2.24, 2.45) is 11.8 Å². The second kappa shape index (κ2) is 5.59. The molecular formula is C10H22O. The third-order valence-corrected chi connectivity index (χ3v) is 2.83. The Kier molecular flexibility index (Phi) is 5.57. The molecule has 0 bridgehead atoms.